The van der Waals surface area contributed by atoms with Gasteiger partial charge < -0.3 is 26.2 Å². The average Bonchev–Trinajstić information content (AvgIpc) is 3.30. The lowest BCUT2D eigenvalue weighted by molar-refractivity contribution is -0.168. The summed E-state index contributed by atoms with van der Waals surface area (Å²) in [5, 5.41) is 7.37. The van der Waals surface area contributed by atoms with Gasteiger partial charge in [-0.25, -0.2) is 0 Å². The van der Waals surface area contributed by atoms with Crippen molar-refractivity contribution >= 4 is 46.9 Å². The Balaban J connectivity index is 0.00000289. The zero-order valence-corrected chi connectivity index (χ0v) is 21.5. The highest BCUT2D eigenvalue weighted by molar-refractivity contribution is 7.99. The van der Waals surface area contributed by atoms with Crippen LogP contribution in [0.2, 0.25) is 0 Å². The molecular formula is C25H33ClF3N5S. The predicted octanol–water partition coefficient (Wildman–Crippen LogP) is 5.85. The fraction of sp³-hybridized carbons (Fsp3) is 0.520. The van der Waals surface area contributed by atoms with Gasteiger partial charge >= 0.3 is 6.18 Å². The van der Waals surface area contributed by atoms with Crippen LogP contribution in [0.4, 0.5) is 35.9 Å². The van der Waals surface area contributed by atoms with Crippen molar-refractivity contribution < 1.29 is 13.2 Å². The molecule has 0 spiro atoms. The quantitative estimate of drug-likeness (QED) is 0.387. The Labute approximate surface area is 215 Å². The van der Waals surface area contributed by atoms with E-state index >= 15 is 0 Å². The van der Waals surface area contributed by atoms with Crippen LogP contribution in [0, 0.1) is 12.8 Å². The Bertz CT molecular complexity index is 1040. The normalized spacial score (nSPS) is 20.6. The van der Waals surface area contributed by atoms with E-state index in [9.17, 15) is 13.2 Å². The van der Waals surface area contributed by atoms with E-state index in [0.717, 1.165) is 65.0 Å². The maximum atomic E-state index is 13.1. The molecule has 0 bridgehead atoms. The first kappa shape index (κ1) is 26.3. The molecule has 2 fully saturated rings. The van der Waals surface area contributed by atoms with E-state index in [0.29, 0.717) is 19.1 Å². The van der Waals surface area contributed by atoms with Gasteiger partial charge in [-0.2, -0.15) is 13.2 Å². The van der Waals surface area contributed by atoms with E-state index in [2.05, 4.69) is 34.6 Å². The number of nitrogens with two attached hydrogens (primary N) is 1. The summed E-state index contributed by atoms with van der Waals surface area (Å²) in [4.78, 5) is 6.46. The molecular weight excluding hydrogens is 495 g/mol. The van der Waals surface area contributed by atoms with E-state index in [4.69, 9.17) is 5.73 Å². The lowest BCUT2D eigenvalue weighted by atomic mass is 10.0. The monoisotopic (exact) mass is 527 g/mol. The van der Waals surface area contributed by atoms with Gasteiger partial charge in [0.05, 0.1) is 23.0 Å². The smallest absolute Gasteiger partial charge is 0.380 e. The zero-order valence-electron chi connectivity index (χ0n) is 19.8. The van der Waals surface area contributed by atoms with Crippen molar-refractivity contribution in [3.63, 3.8) is 0 Å². The highest BCUT2D eigenvalue weighted by Crippen LogP contribution is 2.49. The van der Waals surface area contributed by atoms with Crippen molar-refractivity contribution in [2.24, 2.45) is 11.7 Å². The minimum atomic E-state index is -4.12. The number of fused-ring (bicyclic) bond motifs is 2. The van der Waals surface area contributed by atoms with Gasteiger partial charge in [0.1, 0.15) is 0 Å². The van der Waals surface area contributed by atoms with Crippen LogP contribution in [-0.2, 0) is 0 Å². The second kappa shape index (κ2) is 10.7. The molecule has 3 heterocycles. The molecule has 35 heavy (non-hydrogen) atoms. The van der Waals surface area contributed by atoms with Crippen LogP contribution in [0.5, 0.6) is 0 Å². The number of hydrogen-bond donors (Lipinski definition) is 3. The van der Waals surface area contributed by atoms with Gasteiger partial charge in [-0.1, -0.05) is 11.8 Å². The molecule has 4 N–H and O–H groups in total. The van der Waals surface area contributed by atoms with E-state index in [1.54, 1.807) is 11.8 Å². The minimum Gasteiger partial charge on any atom is -0.380 e. The highest BCUT2D eigenvalue weighted by Gasteiger charge is 2.43. The summed E-state index contributed by atoms with van der Waals surface area (Å²) in [6.45, 7) is 6.35. The first-order valence-corrected chi connectivity index (χ1v) is 12.9. The Morgan fingerprint density at radius 3 is 2.54 bits per heavy atom. The Hall–Kier alpha value is -1.81. The van der Waals surface area contributed by atoms with Crippen LogP contribution in [-0.4, -0.2) is 56.4 Å². The molecule has 0 radical (unpaired) electrons. The Morgan fingerprint density at radius 2 is 1.86 bits per heavy atom. The molecule has 5 nitrogen and oxygen atoms in total. The lowest BCUT2D eigenvalue weighted by Crippen LogP contribution is -2.41. The van der Waals surface area contributed by atoms with Crippen LogP contribution < -0.4 is 21.3 Å². The first-order valence-electron chi connectivity index (χ1n) is 12.0. The molecule has 2 aromatic carbocycles. The van der Waals surface area contributed by atoms with E-state index in [1.165, 1.54) is 5.56 Å². The number of halogens is 4. The number of alkyl halides is 3. The van der Waals surface area contributed by atoms with Gasteiger partial charge in [-0.3, -0.25) is 0 Å². The number of aryl methyl sites for hydroxylation is 1. The molecule has 3 aliphatic rings. The maximum absolute atomic E-state index is 13.1. The molecule has 1 atom stereocenters. The molecule has 0 amide bonds. The molecule has 0 saturated carbocycles. The average molecular weight is 528 g/mol. The molecule has 0 aromatic heterocycles. The summed E-state index contributed by atoms with van der Waals surface area (Å²) < 4.78 is 39.4. The largest absolute Gasteiger partial charge is 0.393 e. The number of rotatable bonds is 5. The number of likely N-dealkylation sites (tertiary alicyclic amines) is 1. The topological polar surface area (TPSA) is 56.6 Å². The van der Waals surface area contributed by atoms with E-state index < -0.39 is 12.1 Å². The van der Waals surface area contributed by atoms with E-state index in [1.807, 2.05) is 23.1 Å². The van der Waals surface area contributed by atoms with Gasteiger partial charge in [0.15, 0.2) is 0 Å². The third kappa shape index (κ3) is 5.79. The predicted molar refractivity (Wildman–Crippen MR) is 141 cm³/mol. The minimum absolute atomic E-state index is 0. The summed E-state index contributed by atoms with van der Waals surface area (Å²) >= 11 is 1.69. The second-order valence-corrected chi connectivity index (χ2v) is 10.7. The van der Waals surface area contributed by atoms with Crippen LogP contribution in [0.25, 0.3) is 0 Å². The van der Waals surface area contributed by atoms with E-state index in [-0.39, 0.29) is 25.4 Å². The number of hydrogen-bond acceptors (Lipinski definition) is 6. The van der Waals surface area contributed by atoms with Crippen LogP contribution in [0.15, 0.2) is 40.1 Å². The van der Waals surface area contributed by atoms with Gasteiger partial charge in [0, 0.05) is 60.8 Å². The van der Waals surface area contributed by atoms with Crippen molar-refractivity contribution in [1.82, 2.24) is 4.90 Å². The summed E-state index contributed by atoms with van der Waals surface area (Å²) in [6, 6.07) is 10.7. The highest BCUT2D eigenvalue weighted by atomic mass is 35.5. The standard InChI is InChI=1S/C25H32F3N5S.ClH/c1-16-12-21(30-18-5-8-32(9-6-18)11-7-29)24-23(13-16)34-22-14-19(2-3-20(22)31-24)33-10-4-17(15-33)25(26,27)28;/h2-3,12-14,17-18,30-31H,4-11,15,29H2,1H3;1H. The third-order valence-corrected chi connectivity index (χ3v) is 8.20. The van der Waals surface area contributed by atoms with Gasteiger partial charge in [-0.05, 0) is 62.1 Å². The molecule has 2 saturated heterocycles. The third-order valence-electron chi connectivity index (χ3n) is 7.10. The molecule has 10 heteroatoms. The fourth-order valence-corrected chi connectivity index (χ4v) is 6.34. The number of benzene rings is 2. The summed E-state index contributed by atoms with van der Waals surface area (Å²) in [5.74, 6) is -1.24. The molecule has 192 valence electrons. The molecule has 3 aliphatic heterocycles. The lowest BCUT2D eigenvalue weighted by Gasteiger charge is -2.34. The van der Waals surface area contributed by atoms with Gasteiger partial charge in [0.25, 0.3) is 0 Å². The SMILES string of the molecule is Cc1cc(NC2CCN(CCN)CC2)c2c(c1)Sc1cc(N3CCC(C(F)(F)F)C3)ccc1N2.Cl. The number of piperidine rings is 1. The fourth-order valence-electron chi connectivity index (χ4n) is 5.19. The summed E-state index contributed by atoms with van der Waals surface area (Å²) in [6.07, 6.45) is -1.79. The Morgan fingerprint density at radius 1 is 1.09 bits per heavy atom. The molecule has 0 aliphatic carbocycles. The van der Waals surface area contributed by atoms with Crippen molar-refractivity contribution in [2.45, 2.75) is 48.2 Å². The van der Waals surface area contributed by atoms with Crippen LogP contribution in [0.1, 0.15) is 24.8 Å². The maximum Gasteiger partial charge on any atom is 0.393 e. The number of nitrogens with one attached hydrogen (secondary N) is 2. The van der Waals surface area contributed by atoms with Gasteiger partial charge in [0.2, 0.25) is 0 Å². The van der Waals surface area contributed by atoms with Crippen molar-refractivity contribution in [1.29, 1.82) is 0 Å². The van der Waals surface area contributed by atoms with Gasteiger partial charge in [-0.15, -0.1) is 12.4 Å². The molecule has 5 rings (SSSR count). The number of nitrogens with zero attached hydrogens (tertiary/aromatic N) is 2. The molecule has 2 aromatic rings. The van der Waals surface area contributed by atoms with Crippen molar-refractivity contribution in [3.05, 3.63) is 35.9 Å². The van der Waals surface area contributed by atoms with Crippen molar-refractivity contribution in [3.8, 4) is 0 Å². The van der Waals surface area contributed by atoms with Crippen LogP contribution in [0.3, 0.4) is 0 Å². The molecule has 1 unspecified atom stereocenters. The zero-order chi connectivity index (χ0) is 23.9. The van der Waals surface area contributed by atoms with Crippen molar-refractivity contribution in [2.75, 3.05) is 54.8 Å². The summed E-state index contributed by atoms with van der Waals surface area (Å²) in [7, 11) is 0. The summed E-state index contributed by atoms with van der Waals surface area (Å²) in [5.41, 5.74) is 10.9. The number of anilines is 4. The Kier molecular flexibility index (Phi) is 8.00. The van der Waals surface area contributed by atoms with Crippen LogP contribution >= 0.6 is 24.2 Å². The first-order chi connectivity index (χ1) is 16.3. The second-order valence-electron chi connectivity index (χ2n) is 9.62.